The van der Waals surface area contributed by atoms with E-state index in [9.17, 15) is 28.3 Å². The Kier molecular flexibility index (Phi) is 7.75. The van der Waals surface area contributed by atoms with E-state index in [0.29, 0.717) is 15.0 Å². The van der Waals surface area contributed by atoms with Crippen LogP contribution in [0.25, 0.3) is 21.0 Å². The maximum absolute atomic E-state index is 13.9. The molecule has 0 spiro atoms. The molecule has 0 aliphatic heterocycles. The van der Waals surface area contributed by atoms with Crippen LogP contribution in [0.5, 0.6) is 5.75 Å². The lowest BCUT2D eigenvalue weighted by molar-refractivity contribution is -0.146. The lowest BCUT2D eigenvalue weighted by Crippen LogP contribution is -2.52. The Bertz CT molecular complexity index is 1620. The second kappa shape index (κ2) is 10.7. The Balaban J connectivity index is 2.03. The number of nitrogens with zero attached hydrogens (tertiary/aromatic N) is 3. The van der Waals surface area contributed by atoms with Crippen molar-refractivity contribution < 1.29 is 32.6 Å². The number of carboxylic acid groups (broad SMARTS) is 1. The first-order valence-corrected chi connectivity index (χ1v) is 12.8. The topological polar surface area (TPSA) is 126 Å². The van der Waals surface area contributed by atoms with Gasteiger partial charge in [-0.1, -0.05) is 18.2 Å². The number of rotatable bonds is 10. The normalized spacial score (nSPS) is 12.9. The molecule has 0 aliphatic rings. The standard InChI is InChI=1S/C26H27F2N3O7S/c1-13(2)37-17(15-8-6-7-9-16(15)38-24(27)28)12-30-22-18(14(3)19(39-22)20-29-10-11-36-20)21(32)31(25(30)35)26(4,5)23(33)34/h6-11,13,17,24H,12H2,1-5H3,(H,33,34)/t17-/m0/s1. The molecule has 0 bridgehead atoms. The van der Waals surface area contributed by atoms with Crippen molar-refractivity contribution in [2.75, 3.05) is 0 Å². The molecule has 4 aromatic rings. The quantitative estimate of drug-likeness (QED) is 0.292. The zero-order chi connectivity index (χ0) is 28.6. The summed E-state index contributed by atoms with van der Waals surface area (Å²) in [5.74, 6) is -1.30. The molecule has 1 N–H and O–H groups in total. The van der Waals surface area contributed by atoms with Gasteiger partial charge in [-0.05, 0) is 46.2 Å². The largest absolute Gasteiger partial charge is 0.480 e. The first-order valence-electron chi connectivity index (χ1n) is 12.0. The van der Waals surface area contributed by atoms with Crippen molar-refractivity contribution in [2.24, 2.45) is 0 Å². The van der Waals surface area contributed by atoms with Crippen LogP contribution in [0.2, 0.25) is 0 Å². The number of thiophene rings is 1. The molecule has 39 heavy (non-hydrogen) atoms. The summed E-state index contributed by atoms with van der Waals surface area (Å²) in [6, 6.07) is 6.05. The molecule has 3 heterocycles. The van der Waals surface area contributed by atoms with Crippen molar-refractivity contribution in [2.45, 2.75) is 65.5 Å². The van der Waals surface area contributed by atoms with Gasteiger partial charge in [0.2, 0.25) is 5.89 Å². The SMILES string of the molecule is Cc1c(-c2ncco2)sc2c1c(=O)n(C(C)(C)C(=O)O)c(=O)n2C[C@H](OC(C)C)c1ccccc1OC(F)F. The minimum Gasteiger partial charge on any atom is -0.480 e. The third-order valence-corrected chi connectivity index (χ3v) is 7.49. The summed E-state index contributed by atoms with van der Waals surface area (Å²) in [7, 11) is 0. The van der Waals surface area contributed by atoms with E-state index < -0.39 is 41.6 Å². The van der Waals surface area contributed by atoms with Crippen LogP contribution in [-0.2, 0) is 21.6 Å². The van der Waals surface area contributed by atoms with Crippen LogP contribution < -0.4 is 16.0 Å². The van der Waals surface area contributed by atoms with E-state index in [0.717, 1.165) is 11.3 Å². The number of hydrogen-bond donors (Lipinski definition) is 1. The zero-order valence-electron chi connectivity index (χ0n) is 21.8. The number of para-hydroxylation sites is 1. The molecule has 1 atom stereocenters. The molecule has 0 fully saturated rings. The second-order valence-electron chi connectivity index (χ2n) is 9.56. The summed E-state index contributed by atoms with van der Waals surface area (Å²) in [6.07, 6.45) is 1.43. The number of hydrogen-bond acceptors (Lipinski definition) is 8. The number of carbonyl (C=O) groups is 1. The Morgan fingerprint density at radius 3 is 2.51 bits per heavy atom. The van der Waals surface area contributed by atoms with Gasteiger partial charge in [0.1, 0.15) is 28.5 Å². The van der Waals surface area contributed by atoms with E-state index in [-0.39, 0.29) is 34.0 Å². The highest BCUT2D eigenvalue weighted by Crippen LogP contribution is 2.37. The summed E-state index contributed by atoms with van der Waals surface area (Å²) in [4.78, 5) is 44.6. The predicted molar refractivity (Wildman–Crippen MR) is 140 cm³/mol. The van der Waals surface area contributed by atoms with Crippen molar-refractivity contribution >= 4 is 27.5 Å². The molecule has 10 nitrogen and oxygen atoms in total. The van der Waals surface area contributed by atoms with Crippen molar-refractivity contribution in [3.63, 3.8) is 0 Å². The summed E-state index contributed by atoms with van der Waals surface area (Å²) in [5, 5.41) is 10.0. The molecular weight excluding hydrogens is 536 g/mol. The monoisotopic (exact) mass is 563 g/mol. The van der Waals surface area contributed by atoms with Crippen LogP contribution in [0.4, 0.5) is 8.78 Å². The molecule has 3 aromatic heterocycles. The minimum atomic E-state index is -3.10. The van der Waals surface area contributed by atoms with Gasteiger partial charge in [0, 0.05) is 5.56 Å². The number of alkyl halides is 2. The number of aryl methyl sites for hydroxylation is 1. The van der Waals surface area contributed by atoms with Gasteiger partial charge in [-0.25, -0.2) is 19.1 Å². The Labute approximate surface area is 225 Å². The second-order valence-corrected chi connectivity index (χ2v) is 10.6. The Morgan fingerprint density at radius 2 is 1.92 bits per heavy atom. The van der Waals surface area contributed by atoms with Crippen LogP contribution in [0.3, 0.4) is 0 Å². The van der Waals surface area contributed by atoms with E-state index in [1.165, 1.54) is 43.0 Å². The Hall–Kier alpha value is -3.84. The van der Waals surface area contributed by atoms with Gasteiger partial charge in [-0.2, -0.15) is 8.78 Å². The van der Waals surface area contributed by atoms with Crippen molar-refractivity contribution in [1.29, 1.82) is 0 Å². The lowest BCUT2D eigenvalue weighted by atomic mass is 10.1. The Morgan fingerprint density at radius 1 is 1.23 bits per heavy atom. The number of carboxylic acids is 1. The maximum atomic E-state index is 13.9. The van der Waals surface area contributed by atoms with E-state index in [4.69, 9.17) is 13.9 Å². The highest BCUT2D eigenvalue weighted by atomic mass is 32.1. The number of ether oxygens (including phenoxy) is 2. The fraction of sp³-hybridized carbons (Fsp3) is 0.385. The van der Waals surface area contributed by atoms with Crippen LogP contribution in [-0.4, -0.2) is 37.9 Å². The van der Waals surface area contributed by atoms with Gasteiger partial charge < -0.3 is 19.0 Å². The molecule has 0 saturated heterocycles. The average Bonchev–Trinajstić information content (AvgIpc) is 3.48. The molecule has 0 aliphatic carbocycles. The fourth-order valence-electron chi connectivity index (χ4n) is 4.29. The molecule has 0 saturated carbocycles. The van der Waals surface area contributed by atoms with E-state index >= 15 is 0 Å². The predicted octanol–water partition coefficient (Wildman–Crippen LogP) is 4.78. The lowest BCUT2D eigenvalue weighted by Gasteiger charge is -2.26. The highest BCUT2D eigenvalue weighted by Gasteiger charge is 2.36. The van der Waals surface area contributed by atoms with E-state index in [1.807, 2.05) is 0 Å². The summed E-state index contributed by atoms with van der Waals surface area (Å²) in [5.41, 5.74) is -2.89. The van der Waals surface area contributed by atoms with E-state index in [2.05, 4.69) is 4.98 Å². The summed E-state index contributed by atoms with van der Waals surface area (Å²) in [6.45, 7) is 4.30. The number of aliphatic carboxylic acids is 1. The minimum absolute atomic E-state index is 0.113. The fourth-order valence-corrected chi connectivity index (χ4v) is 5.54. The van der Waals surface area contributed by atoms with Crippen molar-refractivity contribution in [3.05, 3.63) is 68.7 Å². The van der Waals surface area contributed by atoms with Gasteiger partial charge in [0.25, 0.3) is 5.56 Å². The molecule has 13 heteroatoms. The number of benzene rings is 1. The third-order valence-electron chi connectivity index (χ3n) is 6.19. The zero-order valence-corrected chi connectivity index (χ0v) is 22.6. The van der Waals surface area contributed by atoms with Crippen LogP contribution in [0, 0.1) is 6.92 Å². The van der Waals surface area contributed by atoms with Gasteiger partial charge >= 0.3 is 18.3 Å². The van der Waals surface area contributed by atoms with Crippen molar-refractivity contribution in [3.8, 4) is 16.5 Å². The van der Waals surface area contributed by atoms with Crippen LogP contribution in [0.1, 0.15) is 44.9 Å². The molecule has 1 aromatic carbocycles. The van der Waals surface area contributed by atoms with Gasteiger partial charge in [-0.15, -0.1) is 11.3 Å². The van der Waals surface area contributed by atoms with E-state index in [1.54, 1.807) is 32.9 Å². The number of halogens is 2. The van der Waals surface area contributed by atoms with Crippen molar-refractivity contribution in [1.82, 2.24) is 14.1 Å². The number of aromatic nitrogens is 3. The first-order chi connectivity index (χ1) is 18.3. The molecule has 4 rings (SSSR count). The van der Waals surface area contributed by atoms with Gasteiger partial charge in [0.15, 0.2) is 0 Å². The van der Waals surface area contributed by atoms with Crippen LogP contribution in [0.15, 0.2) is 50.7 Å². The molecule has 208 valence electrons. The first kappa shape index (κ1) is 28.2. The average molecular weight is 564 g/mol. The molecule has 0 radical (unpaired) electrons. The molecule has 0 amide bonds. The molecule has 0 unspecified atom stereocenters. The summed E-state index contributed by atoms with van der Waals surface area (Å²) < 4.78 is 44.5. The van der Waals surface area contributed by atoms with Gasteiger partial charge in [-0.3, -0.25) is 9.36 Å². The number of fused-ring (bicyclic) bond motifs is 1. The molecular formula is C26H27F2N3O7S. The highest BCUT2D eigenvalue weighted by molar-refractivity contribution is 7.22. The third kappa shape index (κ3) is 5.23. The smallest absolute Gasteiger partial charge is 0.387 e. The van der Waals surface area contributed by atoms with Gasteiger partial charge in [0.05, 0.1) is 29.1 Å². The van der Waals surface area contributed by atoms with Crippen LogP contribution >= 0.6 is 11.3 Å². The summed E-state index contributed by atoms with van der Waals surface area (Å²) >= 11 is 1.07. The maximum Gasteiger partial charge on any atom is 0.387 e. The number of oxazole rings is 1.